The van der Waals surface area contributed by atoms with Crippen molar-refractivity contribution in [2.75, 3.05) is 60.2 Å². The number of nitrogens with zero attached hydrogens (tertiary/aromatic N) is 2. The van der Waals surface area contributed by atoms with Crippen LogP contribution in [0, 0.1) is 0 Å². The highest BCUT2D eigenvalue weighted by molar-refractivity contribution is 6.46. The zero-order valence-electron chi connectivity index (χ0n) is 21.6. The van der Waals surface area contributed by atoms with E-state index in [0.717, 1.165) is 25.2 Å². The fourth-order valence-electron chi connectivity index (χ4n) is 4.80. The van der Waals surface area contributed by atoms with Gasteiger partial charge in [-0.25, -0.2) is 0 Å². The Bertz CT molecular complexity index is 1140. The molecule has 1 N–H and O–H groups in total. The second-order valence-electron chi connectivity index (χ2n) is 8.87. The van der Waals surface area contributed by atoms with Crippen LogP contribution in [0.3, 0.4) is 0 Å². The number of hydrogen-bond donors (Lipinski definition) is 1. The number of ether oxygens (including phenoxy) is 4. The number of benzene rings is 2. The van der Waals surface area contributed by atoms with Crippen LogP contribution in [0.2, 0.25) is 0 Å². The molecule has 2 aliphatic rings. The number of hydrogen-bond acceptors (Lipinski definition) is 8. The average molecular weight is 511 g/mol. The van der Waals surface area contributed by atoms with Crippen LogP contribution >= 0.6 is 0 Å². The summed E-state index contributed by atoms with van der Waals surface area (Å²) in [6, 6.07) is 11.4. The molecular formula is C28H34N2O7. The van der Waals surface area contributed by atoms with E-state index in [0.29, 0.717) is 55.6 Å². The van der Waals surface area contributed by atoms with Crippen molar-refractivity contribution in [1.29, 1.82) is 0 Å². The van der Waals surface area contributed by atoms with Crippen LogP contribution in [0.4, 0.5) is 0 Å². The van der Waals surface area contributed by atoms with E-state index in [9.17, 15) is 14.7 Å². The Morgan fingerprint density at radius 1 is 1.00 bits per heavy atom. The van der Waals surface area contributed by atoms with Gasteiger partial charge in [0.05, 0.1) is 45.7 Å². The summed E-state index contributed by atoms with van der Waals surface area (Å²) in [4.78, 5) is 30.4. The minimum absolute atomic E-state index is 0.0488. The van der Waals surface area contributed by atoms with E-state index in [1.54, 1.807) is 23.1 Å². The molecule has 0 unspecified atom stereocenters. The fraction of sp³-hybridized carbons (Fsp3) is 0.429. The number of aliphatic hydroxyl groups excluding tert-OH is 1. The van der Waals surface area contributed by atoms with Crippen LogP contribution < -0.4 is 14.2 Å². The van der Waals surface area contributed by atoms with Gasteiger partial charge < -0.3 is 29.0 Å². The molecule has 2 saturated heterocycles. The predicted molar refractivity (Wildman–Crippen MR) is 138 cm³/mol. The molecule has 1 atom stereocenters. The van der Waals surface area contributed by atoms with Crippen molar-refractivity contribution in [3.05, 3.63) is 59.2 Å². The molecule has 2 fully saturated rings. The molecule has 0 radical (unpaired) electrons. The third-order valence-electron chi connectivity index (χ3n) is 6.68. The highest BCUT2D eigenvalue weighted by atomic mass is 16.5. The molecule has 0 spiro atoms. The third-order valence-corrected chi connectivity index (χ3v) is 6.68. The number of aliphatic hydroxyl groups is 1. The number of methoxy groups -OCH3 is 2. The summed E-state index contributed by atoms with van der Waals surface area (Å²) in [5.41, 5.74) is 1.13. The summed E-state index contributed by atoms with van der Waals surface area (Å²) >= 11 is 0. The van der Waals surface area contributed by atoms with E-state index in [1.807, 2.05) is 31.2 Å². The van der Waals surface area contributed by atoms with Gasteiger partial charge in [-0.2, -0.15) is 0 Å². The SMILES string of the molecule is CCOc1ccc([C@H]2C(=C(O)c3ccc(OC)c(OC)c3)C(=O)C(=O)N2CCCN2CCOCC2)cc1. The Labute approximate surface area is 217 Å². The van der Waals surface area contributed by atoms with Crippen LogP contribution in [0.1, 0.15) is 30.5 Å². The van der Waals surface area contributed by atoms with Gasteiger partial charge in [-0.1, -0.05) is 12.1 Å². The van der Waals surface area contributed by atoms with Crippen LogP contribution in [-0.2, 0) is 14.3 Å². The van der Waals surface area contributed by atoms with Crippen molar-refractivity contribution in [1.82, 2.24) is 9.80 Å². The molecule has 1 amide bonds. The summed E-state index contributed by atoms with van der Waals surface area (Å²) in [6.45, 7) is 6.69. The van der Waals surface area contributed by atoms with Gasteiger partial charge in [0.25, 0.3) is 11.7 Å². The molecule has 2 heterocycles. The maximum atomic E-state index is 13.3. The lowest BCUT2D eigenvalue weighted by molar-refractivity contribution is -0.140. The molecule has 0 saturated carbocycles. The standard InChI is InChI=1S/C28H34N2O7/c1-4-37-21-9-6-19(7-10-21)25-24(26(31)20-8-11-22(34-2)23(18-20)35-3)27(32)28(33)30(25)13-5-12-29-14-16-36-17-15-29/h6-11,18,25,31H,4-5,12-17H2,1-3H3/t25-/m0/s1. The second-order valence-corrected chi connectivity index (χ2v) is 8.87. The van der Waals surface area contributed by atoms with Gasteiger partial charge in [-0.15, -0.1) is 0 Å². The van der Waals surface area contributed by atoms with Gasteiger partial charge in [0, 0.05) is 31.7 Å². The minimum Gasteiger partial charge on any atom is -0.507 e. The predicted octanol–water partition coefficient (Wildman–Crippen LogP) is 3.25. The largest absolute Gasteiger partial charge is 0.507 e. The topological polar surface area (TPSA) is 97.8 Å². The molecule has 37 heavy (non-hydrogen) atoms. The van der Waals surface area contributed by atoms with Crippen LogP contribution in [0.15, 0.2) is 48.0 Å². The van der Waals surface area contributed by atoms with Crippen molar-refractivity contribution in [2.24, 2.45) is 0 Å². The molecule has 2 aromatic rings. The number of ketones is 1. The highest BCUT2D eigenvalue weighted by Crippen LogP contribution is 2.41. The first-order valence-electron chi connectivity index (χ1n) is 12.5. The van der Waals surface area contributed by atoms with E-state index in [-0.39, 0.29) is 11.3 Å². The number of carbonyl (C=O) groups is 2. The Balaban J connectivity index is 1.70. The maximum absolute atomic E-state index is 13.3. The average Bonchev–Trinajstić information content (AvgIpc) is 3.18. The molecule has 9 nitrogen and oxygen atoms in total. The molecule has 0 aromatic heterocycles. The van der Waals surface area contributed by atoms with Gasteiger partial charge in [-0.3, -0.25) is 14.5 Å². The Kier molecular flexibility index (Phi) is 8.68. The van der Waals surface area contributed by atoms with E-state index >= 15 is 0 Å². The zero-order chi connectivity index (χ0) is 26.4. The molecule has 0 aliphatic carbocycles. The van der Waals surface area contributed by atoms with Crippen molar-refractivity contribution < 1.29 is 33.6 Å². The molecule has 198 valence electrons. The Hall–Kier alpha value is -3.56. The normalized spacial score (nSPS) is 19.8. The molecule has 9 heteroatoms. The first-order valence-corrected chi connectivity index (χ1v) is 12.5. The van der Waals surface area contributed by atoms with Crippen molar-refractivity contribution in [2.45, 2.75) is 19.4 Å². The van der Waals surface area contributed by atoms with E-state index in [2.05, 4.69) is 4.90 Å². The third kappa shape index (κ3) is 5.73. The maximum Gasteiger partial charge on any atom is 0.295 e. The van der Waals surface area contributed by atoms with Gasteiger partial charge in [0.15, 0.2) is 11.5 Å². The number of likely N-dealkylation sites (tertiary alicyclic amines) is 1. The molecule has 2 aromatic carbocycles. The summed E-state index contributed by atoms with van der Waals surface area (Å²) in [5.74, 6) is -0.000656. The Morgan fingerprint density at radius 2 is 1.70 bits per heavy atom. The van der Waals surface area contributed by atoms with Crippen LogP contribution in [0.5, 0.6) is 17.2 Å². The first kappa shape index (κ1) is 26.5. The zero-order valence-corrected chi connectivity index (χ0v) is 21.6. The van der Waals surface area contributed by atoms with Gasteiger partial charge in [0.2, 0.25) is 0 Å². The first-order chi connectivity index (χ1) is 18.0. The quantitative estimate of drug-likeness (QED) is 0.296. The smallest absolute Gasteiger partial charge is 0.295 e. The van der Waals surface area contributed by atoms with E-state index in [4.69, 9.17) is 18.9 Å². The lowest BCUT2D eigenvalue weighted by Gasteiger charge is -2.29. The van der Waals surface area contributed by atoms with E-state index < -0.39 is 17.7 Å². The molecule has 2 aliphatic heterocycles. The summed E-state index contributed by atoms with van der Waals surface area (Å²) in [7, 11) is 3.01. The lowest BCUT2D eigenvalue weighted by Crippen LogP contribution is -2.38. The molecular weight excluding hydrogens is 476 g/mol. The monoisotopic (exact) mass is 510 g/mol. The summed E-state index contributed by atoms with van der Waals surface area (Å²) in [5, 5.41) is 11.3. The molecule has 4 rings (SSSR count). The Morgan fingerprint density at radius 3 is 2.35 bits per heavy atom. The number of Topliss-reactive ketones (excluding diaryl/α,β-unsaturated/α-hetero) is 1. The van der Waals surface area contributed by atoms with Crippen molar-refractivity contribution in [3.63, 3.8) is 0 Å². The molecule has 0 bridgehead atoms. The van der Waals surface area contributed by atoms with Gasteiger partial charge in [0.1, 0.15) is 11.5 Å². The fourth-order valence-corrected chi connectivity index (χ4v) is 4.80. The van der Waals surface area contributed by atoms with Gasteiger partial charge in [-0.05, 0) is 49.2 Å². The highest BCUT2D eigenvalue weighted by Gasteiger charge is 2.45. The van der Waals surface area contributed by atoms with Crippen LogP contribution in [0.25, 0.3) is 5.76 Å². The minimum atomic E-state index is -0.728. The number of amides is 1. The van der Waals surface area contributed by atoms with E-state index in [1.165, 1.54) is 14.2 Å². The summed E-state index contributed by atoms with van der Waals surface area (Å²) in [6.07, 6.45) is 0.691. The number of morpholine rings is 1. The number of rotatable bonds is 10. The number of carbonyl (C=O) groups excluding carboxylic acids is 2. The van der Waals surface area contributed by atoms with Crippen molar-refractivity contribution in [3.8, 4) is 17.2 Å². The van der Waals surface area contributed by atoms with Gasteiger partial charge >= 0.3 is 0 Å². The van der Waals surface area contributed by atoms with Crippen LogP contribution in [-0.4, -0.2) is 86.8 Å². The summed E-state index contributed by atoms with van der Waals surface area (Å²) < 4.78 is 21.6. The lowest BCUT2D eigenvalue weighted by atomic mass is 9.95. The second kappa shape index (κ2) is 12.1. The van der Waals surface area contributed by atoms with Crippen molar-refractivity contribution >= 4 is 17.4 Å².